The van der Waals surface area contributed by atoms with E-state index in [-0.39, 0.29) is 0 Å². The Balaban J connectivity index is 1.38. The SMILES string of the molecule is CNCCCn1cc(-c2ccc3[nH]n(Cc4ccc5ncccc5c4)c3n2)cn1. The van der Waals surface area contributed by atoms with Crippen molar-refractivity contribution in [2.45, 2.75) is 19.5 Å². The Kier molecular flexibility index (Phi) is 4.57. The van der Waals surface area contributed by atoms with Gasteiger partial charge in [-0.3, -0.25) is 19.4 Å². The quantitative estimate of drug-likeness (QED) is 0.421. The van der Waals surface area contributed by atoms with E-state index in [1.807, 2.05) is 36.3 Å². The molecule has 0 amide bonds. The molecule has 0 saturated carbocycles. The summed E-state index contributed by atoms with van der Waals surface area (Å²) < 4.78 is 4.06. The van der Waals surface area contributed by atoms with Crippen LogP contribution in [-0.2, 0) is 13.1 Å². The highest BCUT2D eigenvalue weighted by atomic mass is 15.3. The number of benzene rings is 1. The summed E-state index contributed by atoms with van der Waals surface area (Å²) in [4.78, 5) is 9.25. The lowest BCUT2D eigenvalue weighted by Crippen LogP contribution is -2.13. The summed E-state index contributed by atoms with van der Waals surface area (Å²) in [5.41, 5.74) is 6.24. The van der Waals surface area contributed by atoms with Crippen molar-refractivity contribution >= 4 is 22.1 Å². The first-order valence-electron chi connectivity index (χ1n) is 9.86. The maximum absolute atomic E-state index is 4.86. The van der Waals surface area contributed by atoms with E-state index in [0.29, 0.717) is 0 Å². The molecule has 5 rings (SSSR count). The van der Waals surface area contributed by atoms with E-state index < -0.39 is 0 Å². The molecule has 0 bridgehead atoms. The highest BCUT2D eigenvalue weighted by Gasteiger charge is 2.11. The van der Waals surface area contributed by atoms with Gasteiger partial charge in [-0.05, 0) is 55.9 Å². The van der Waals surface area contributed by atoms with Crippen LogP contribution < -0.4 is 5.32 Å². The van der Waals surface area contributed by atoms with Gasteiger partial charge < -0.3 is 5.32 Å². The lowest BCUT2D eigenvalue weighted by atomic mass is 10.1. The average Bonchev–Trinajstić information content (AvgIpc) is 3.21. The van der Waals surface area contributed by atoms with E-state index in [1.165, 1.54) is 5.56 Å². The van der Waals surface area contributed by atoms with Gasteiger partial charge in [-0.1, -0.05) is 12.1 Å². The van der Waals surface area contributed by atoms with Crippen molar-refractivity contribution in [2.75, 3.05) is 13.6 Å². The van der Waals surface area contributed by atoms with Crippen LogP contribution in [0.5, 0.6) is 0 Å². The number of aryl methyl sites for hydroxylation is 1. The first kappa shape index (κ1) is 17.6. The number of hydrogen-bond acceptors (Lipinski definition) is 4. The fraction of sp³-hybridized carbons (Fsp3) is 0.227. The van der Waals surface area contributed by atoms with Crippen LogP contribution in [0.4, 0.5) is 0 Å². The van der Waals surface area contributed by atoms with Crippen LogP contribution in [-0.4, -0.2) is 43.1 Å². The Morgan fingerprint density at radius 2 is 2.10 bits per heavy atom. The maximum Gasteiger partial charge on any atom is 0.173 e. The van der Waals surface area contributed by atoms with Crippen molar-refractivity contribution in [2.24, 2.45) is 0 Å². The molecule has 0 fully saturated rings. The zero-order chi connectivity index (χ0) is 19.6. The highest BCUT2D eigenvalue weighted by molar-refractivity contribution is 5.79. The van der Waals surface area contributed by atoms with Gasteiger partial charge in [0, 0.05) is 29.9 Å². The fourth-order valence-electron chi connectivity index (χ4n) is 3.60. The monoisotopic (exact) mass is 385 g/mol. The number of nitrogens with zero attached hydrogens (tertiary/aromatic N) is 5. The van der Waals surface area contributed by atoms with Gasteiger partial charge in [0.1, 0.15) is 0 Å². The molecular weight excluding hydrogens is 362 g/mol. The largest absolute Gasteiger partial charge is 0.320 e. The minimum atomic E-state index is 0.748. The molecule has 0 spiro atoms. The number of H-pyrrole nitrogens is 1. The molecule has 0 aliphatic carbocycles. The second-order valence-electron chi connectivity index (χ2n) is 7.25. The van der Waals surface area contributed by atoms with Gasteiger partial charge >= 0.3 is 0 Å². The van der Waals surface area contributed by atoms with Crippen molar-refractivity contribution < 1.29 is 0 Å². The van der Waals surface area contributed by atoms with Gasteiger partial charge in [0.2, 0.25) is 0 Å². The molecule has 0 aliphatic heterocycles. The van der Waals surface area contributed by atoms with Crippen molar-refractivity contribution in [1.29, 1.82) is 0 Å². The van der Waals surface area contributed by atoms with E-state index >= 15 is 0 Å². The molecule has 29 heavy (non-hydrogen) atoms. The average molecular weight is 385 g/mol. The van der Waals surface area contributed by atoms with Crippen LogP contribution in [0.2, 0.25) is 0 Å². The third kappa shape index (κ3) is 3.52. The molecule has 0 atom stereocenters. The Bertz CT molecular complexity index is 1260. The standard InChI is InChI=1S/C22H23N7/c1-23-9-3-11-28-15-18(13-25-28)20-7-8-21-22(26-20)29(27-21)14-16-5-6-19-17(12-16)4-2-10-24-19/h2,4-8,10,12-13,15,23,27H,3,9,11,14H2,1H3. The van der Waals surface area contributed by atoms with Gasteiger partial charge in [0.05, 0.1) is 29.5 Å². The summed E-state index contributed by atoms with van der Waals surface area (Å²) in [5.74, 6) is 0. The highest BCUT2D eigenvalue weighted by Crippen LogP contribution is 2.22. The normalized spacial score (nSPS) is 11.6. The number of pyridine rings is 2. The second kappa shape index (κ2) is 7.52. The Morgan fingerprint density at radius 3 is 3.03 bits per heavy atom. The lowest BCUT2D eigenvalue weighted by molar-refractivity contribution is 0.562. The van der Waals surface area contributed by atoms with Crippen molar-refractivity contribution in [1.82, 2.24) is 34.8 Å². The first-order valence-corrected chi connectivity index (χ1v) is 9.86. The molecular formula is C22H23N7. The molecule has 0 unspecified atom stereocenters. The van der Waals surface area contributed by atoms with Crippen LogP contribution in [0.15, 0.2) is 61.1 Å². The lowest BCUT2D eigenvalue weighted by Gasteiger charge is -2.16. The van der Waals surface area contributed by atoms with Crippen LogP contribution in [0.25, 0.3) is 33.3 Å². The molecule has 0 aliphatic rings. The molecule has 4 heterocycles. The molecule has 0 saturated heterocycles. The van der Waals surface area contributed by atoms with E-state index in [2.05, 4.69) is 61.7 Å². The van der Waals surface area contributed by atoms with Gasteiger partial charge in [-0.2, -0.15) is 5.10 Å². The maximum atomic E-state index is 4.86. The summed E-state index contributed by atoms with van der Waals surface area (Å²) in [6.07, 6.45) is 6.83. The predicted molar refractivity (Wildman–Crippen MR) is 115 cm³/mol. The molecule has 0 radical (unpaired) electrons. The molecule has 146 valence electrons. The zero-order valence-electron chi connectivity index (χ0n) is 16.3. The third-order valence-electron chi connectivity index (χ3n) is 5.14. The van der Waals surface area contributed by atoms with Gasteiger partial charge in [-0.25, -0.2) is 4.98 Å². The fourth-order valence-corrected chi connectivity index (χ4v) is 3.60. The van der Waals surface area contributed by atoms with Gasteiger partial charge in [-0.15, -0.1) is 0 Å². The van der Waals surface area contributed by atoms with Crippen LogP contribution in [0.3, 0.4) is 0 Å². The molecule has 2 N–H and O–H groups in total. The van der Waals surface area contributed by atoms with Gasteiger partial charge in [0.15, 0.2) is 5.65 Å². The number of aromatic nitrogens is 6. The molecule has 7 heteroatoms. The minimum absolute atomic E-state index is 0.748. The van der Waals surface area contributed by atoms with E-state index in [1.54, 1.807) is 0 Å². The Morgan fingerprint density at radius 1 is 1.14 bits per heavy atom. The molecule has 5 aromatic rings. The van der Waals surface area contributed by atoms with Crippen molar-refractivity contribution in [3.8, 4) is 11.3 Å². The summed E-state index contributed by atoms with van der Waals surface area (Å²) in [7, 11) is 1.97. The second-order valence-corrected chi connectivity index (χ2v) is 7.25. The van der Waals surface area contributed by atoms with Crippen LogP contribution in [0.1, 0.15) is 12.0 Å². The number of hydrogen-bond donors (Lipinski definition) is 2. The smallest absolute Gasteiger partial charge is 0.173 e. The molecule has 7 nitrogen and oxygen atoms in total. The van der Waals surface area contributed by atoms with E-state index in [0.717, 1.165) is 59.4 Å². The summed E-state index contributed by atoms with van der Waals surface area (Å²) in [6.45, 7) is 2.63. The van der Waals surface area contributed by atoms with Crippen LogP contribution >= 0.6 is 0 Å². The summed E-state index contributed by atoms with van der Waals surface area (Å²) >= 11 is 0. The number of nitrogens with one attached hydrogen (secondary N) is 2. The minimum Gasteiger partial charge on any atom is -0.320 e. The number of aromatic amines is 1. The third-order valence-corrected chi connectivity index (χ3v) is 5.14. The van der Waals surface area contributed by atoms with E-state index in [9.17, 15) is 0 Å². The predicted octanol–water partition coefficient (Wildman–Crippen LogP) is 3.43. The van der Waals surface area contributed by atoms with Crippen molar-refractivity contribution in [3.63, 3.8) is 0 Å². The molecule has 1 aromatic carbocycles. The van der Waals surface area contributed by atoms with Crippen molar-refractivity contribution in [3.05, 3.63) is 66.6 Å². The number of rotatable bonds is 7. The van der Waals surface area contributed by atoms with E-state index in [4.69, 9.17) is 4.98 Å². The topological polar surface area (TPSA) is 76.3 Å². The summed E-state index contributed by atoms with van der Waals surface area (Å²) in [6, 6.07) is 14.5. The zero-order valence-corrected chi connectivity index (χ0v) is 16.3. The van der Waals surface area contributed by atoms with Gasteiger partial charge in [0.25, 0.3) is 0 Å². The first-order chi connectivity index (χ1) is 14.3. The number of fused-ring (bicyclic) bond motifs is 2. The Hall–Kier alpha value is -3.45. The Labute approximate surface area is 168 Å². The van der Waals surface area contributed by atoms with Crippen LogP contribution in [0, 0.1) is 0 Å². The molecule has 4 aromatic heterocycles. The summed E-state index contributed by atoms with van der Waals surface area (Å²) in [5, 5.41) is 12.1.